The molecular formula is C19H17NO. The molecule has 0 radical (unpaired) electrons. The molecule has 0 amide bonds. The number of benzene rings is 3. The van der Waals surface area contributed by atoms with Gasteiger partial charge >= 0.3 is 0 Å². The Morgan fingerprint density at radius 2 is 1.00 bits per heavy atom. The summed E-state index contributed by atoms with van der Waals surface area (Å²) in [5.41, 5.74) is 3.17. The van der Waals surface area contributed by atoms with Crippen molar-refractivity contribution in [1.82, 2.24) is 0 Å². The standard InChI is InChI=1S/C19H17NO/c1-4-10-17(11-5-1)16-21-20(18-12-6-2-7-13-18)19-14-8-3-9-15-19/h1-15H,16H2. The zero-order chi connectivity index (χ0) is 14.3. The van der Waals surface area contributed by atoms with E-state index < -0.39 is 0 Å². The molecule has 0 unspecified atom stereocenters. The van der Waals surface area contributed by atoms with Crippen LogP contribution in [0.3, 0.4) is 0 Å². The number of nitrogens with zero attached hydrogens (tertiary/aromatic N) is 1. The third-order valence-corrected chi connectivity index (χ3v) is 3.18. The second-order valence-electron chi connectivity index (χ2n) is 4.72. The van der Waals surface area contributed by atoms with Crippen molar-refractivity contribution in [1.29, 1.82) is 0 Å². The zero-order valence-electron chi connectivity index (χ0n) is 11.7. The fourth-order valence-corrected chi connectivity index (χ4v) is 2.14. The lowest BCUT2D eigenvalue weighted by atomic mass is 10.2. The first kappa shape index (κ1) is 13.4. The number of anilines is 2. The first-order valence-electron chi connectivity index (χ1n) is 7.00. The van der Waals surface area contributed by atoms with Gasteiger partial charge in [-0.3, -0.25) is 4.84 Å². The van der Waals surface area contributed by atoms with Gasteiger partial charge < -0.3 is 0 Å². The Balaban J connectivity index is 1.83. The highest BCUT2D eigenvalue weighted by atomic mass is 16.7. The average molecular weight is 275 g/mol. The Bertz CT molecular complexity index is 613. The van der Waals surface area contributed by atoms with E-state index in [1.165, 1.54) is 0 Å². The van der Waals surface area contributed by atoms with Gasteiger partial charge in [-0.25, -0.2) is 5.06 Å². The molecule has 0 bridgehead atoms. The van der Waals surface area contributed by atoms with Crippen molar-refractivity contribution in [2.45, 2.75) is 6.61 Å². The molecule has 0 spiro atoms. The normalized spacial score (nSPS) is 10.3. The van der Waals surface area contributed by atoms with Crippen molar-refractivity contribution in [3.8, 4) is 0 Å². The summed E-state index contributed by atoms with van der Waals surface area (Å²) in [5, 5.41) is 1.87. The molecule has 0 aliphatic carbocycles. The number of hydrogen-bond acceptors (Lipinski definition) is 2. The second kappa shape index (κ2) is 6.73. The van der Waals surface area contributed by atoms with Gasteiger partial charge in [0.1, 0.15) is 6.61 Å². The van der Waals surface area contributed by atoms with Gasteiger partial charge in [-0.1, -0.05) is 66.7 Å². The van der Waals surface area contributed by atoms with Crippen molar-refractivity contribution in [2.75, 3.05) is 5.06 Å². The monoisotopic (exact) mass is 275 g/mol. The summed E-state index contributed by atoms with van der Waals surface area (Å²) in [7, 11) is 0. The third-order valence-electron chi connectivity index (χ3n) is 3.18. The molecule has 21 heavy (non-hydrogen) atoms. The average Bonchev–Trinajstić information content (AvgIpc) is 2.58. The first-order valence-corrected chi connectivity index (χ1v) is 7.00. The van der Waals surface area contributed by atoms with E-state index in [1.54, 1.807) is 0 Å². The lowest BCUT2D eigenvalue weighted by Gasteiger charge is -2.24. The Kier molecular flexibility index (Phi) is 4.30. The summed E-state index contributed by atoms with van der Waals surface area (Å²) < 4.78 is 0. The van der Waals surface area contributed by atoms with Crippen LogP contribution < -0.4 is 5.06 Å². The van der Waals surface area contributed by atoms with Gasteiger partial charge in [0.05, 0.1) is 11.4 Å². The van der Waals surface area contributed by atoms with Gasteiger partial charge in [0.25, 0.3) is 0 Å². The van der Waals surface area contributed by atoms with E-state index in [0.29, 0.717) is 6.61 Å². The summed E-state index contributed by atoms with van der Waals surface area (Å²) in [6.45, 7) is 0.532. The van der Waals surface area contributed by atoms with E-state index in [4.69, 9.17) is 4.84 Å². The molecule has 0 N–H and O–H groups in total. The molecule has 2 heteroatoms. The summed E-state index contributed by atoms with van der Waals surface area (Å²) in [5.74, 6) is 0. The van der Waals surface area contributed by atoms with Crippen LogP contribution in [0.1, 0.15) is 5.56 Å². The highest BCUT2D eigenvalue weighted by molar-refractivity contribution is 5.59. The van der Waals surface area contributed by atoms with Gasteiger partial charge in [0, 0.05) is 0 Å². The molecule has 0 saturated heterocycles. The van der Waals surface area contributed by atoms with Gasteiger partial charge in [-0.2, -0.15) is 0 Å². The molecule has 2 nitrogen and oxygen atoms in total. The smallest absolute Gasteiger partial charge is 0.100 e. The highest BCUT2D eigenvalue weighted by Crippen LogP contribution is 2.25. The van der Waals surface area contributed by atoms with Crippen LogP contribution in [0, 0.1) is 0 Å². The molecule has 0 atom stereocenters. The van der Waals surface area contributed by atoms with Crippen LogP contribution in [0.15, 0.2) is 91.0 Å². The molecule has 0 saturated carbocycles. The molecular weight excluding hydrogens is 258 g/mol. The van der Waals surface area contributed by atoms with E-state index in [9.17, 15) is 0 Å². The van der Waals surface area contributed by atoms with E-state index >= 15 is 0 Å². The van der Waals surface area contributed by atoms with Crippen LogP contribution in [0.4, 0.5) is 11.4 Å². The predicted molar refractivity (Wildman–Crippen MR) is 86.3 cm³/mol. The molecule has 0 fully saturated rings. The SMILES string of the molecule is c1ccc(CON(c2ccccc2)c2ccccc2)cc1. The zero-order valence-corrected chi connectivity index (χ0v) is 11.7. The van der Waals surface area contributed by atoms with Crippen LogP contribution >= 0.6 is 0 Å². The minimum atomic E-state index is 0.532. The topological polar surface area (TPSA) is 12.5 Å². The lowest BCUT2D eigenvalue weighted by molar-refractivity contribution is 0.122. The maximum atomic E-state index is 6.03. The van der Waals surface area contributed by atoms with E-state index in [0.717, 1.165) is 16.9 Å². The largest absolute Gasteiger partial charge is 0.264 e. The Hall–Kier alpha value is -2.58. The van der Waals surface area contributed by atoms with Gasteiger partial charge in [0.2, 0.25) is 0 Å². The molecule has 0 aromatic heterocycles. The number of para-hydroxylation sites is 2. The molecule has 3 rings (SSSR count). The van der Waals surface area contributed by atoms with E-state index in [-0.39, 0.29) is 0 Å². The van der Waals surface area contributed by atoms with Crippen molar-refractivity contribution in [2.24, 2.45) is 0 Å². The molecule has 3 aromatic rings. The first-order chi connectivity index (χ1) is 10.4. The molecule has 3 aromatic carbocycles. The van der Waals surface area contributed by atoms with Crippen molar-refractivity contribution >= 4 is 11.4 Å². The fourth-order valence-electron chi connectivity index (χ4n) is 2.14. The molecule has 0 aliphatic heterocycles. The van der Waals surface area contributed by atoms with Crippen molar-refractivity contribution in [3.05, 3.63) is 96.6 Å². The van der Waals surface area contributed by atoms with Crippen LogP contribution in [0.5, 0.6) is 0 Å². The Morgan fingerprint density at radius 3 is 1.48 bits per heavy atom. The minimum absolute atomic E-state index is 0.532. The lowest BCUT2D eigenvalue weighted by Crippen LogP contribution is -2.17. The highest BCUT2D eigenvalue weighted by Gasteiger charge is 2.09. The maximum absolute atomic E-state index is 6.03. The van der Waals surface area contributed by atoms with Crippen LogP contribution in [0.2, 0.25) is 0 Å². The van der Waals surface area contributed by atoms with Crippen LogP contribution in [-0.4, -0.2) is 0 Å². The van der Waals surface area contributed by atoms with E-state index in [1.807, 2.05) is 83.9 Å². The summed E-state index contributed by atoms with van der Waals surface area (Å²) in [6, 6.07) is 30.4. The fraction of sp³-hybridized carbons (Fsp3) is 0.0526. The summed E-state index contributed by atoms with van der Waals surface area (Å²) in [4.78, 5) is 6.03. The quantitative estimate of drug-likeness (QED) is 0.610. The van der Waals surface area contributed by atoms with Crippen molar-refractivity contribution in [3.63, 3.8) is 0 Å². The number of hydrogen-bond donors (Lipinski definition) is 0. The Labute approximate surface area is 125 Å². The third kappa shape index (κ3) is 3.50. The predicted octanol–water partition coefficient (Wildman–Crippen LogP) is 4.96. The summed E-state index contributed by atoms with van der Waals surface area (Å²) >= 11 is 0. The Morgan fingerprint density at radius 1 is 0.571 bits per heavy atom. The number of rotatable bonds is 5. The van der Waals surface area contributed by atoms with E-state index in [2.05, 4.69) is 12.1 Å². The second-order valence-corrected chi connectivity index (χ2v) is 4.72. The maximum Gasteiger partial charge on any atom is 0.100 e. The van der Waals surface area contributed by atoms with Crippen LogP contribution in [0.25, 0.3) is 0 Å². The van der Waals surface area contributed by atoms with Gasteiger partial charge in [0.15, 0.2) is 0 Å². The van der Waals surface area contributed by atoms with Crippen LogP contribution in [-0.2, 0) is 11.4 Å². The van der Waals surface area contributed by atoms with Gasteiger partial charge in [-0.15, -0.1) is 0 Å². The molecule has 0 heterocycles. The van der Waals surface area contributed by atoms with Crippen molar-refractivity contribution < 1.29 is 4.84 Å². The minimum Gasteiger partial charge on any atom is -0.264 e. The van der Waals surface area contributed by atoms with Gasteiger partial charge in [-0.05, 0) is 29.8 Å². The molecule has 104 valence electrons. The summed E-state index contributed by atoms with van der Waals surface area (Å²) in [6.07, 6.45) is 0. The molecule has 0 aliphatic rings.